The molecular weight excluding hydrogens is 402 g/mol. The van der Waals surface area contributed by atoms with E-state index in [-0.39, 0.29) is 5.76 Å². The molecule has 8 heteroatoms. The van der Waals surface area contributed by atoms with Crippen LogP contribution in [0.1, 0.15) is 5.56 Å². The number of morpholine rings is 1. The van der Waals surface area contributed by atoms with Crippen molar-refractivity contribution in [1.29, 1.82) is 0 Å². The van der Waals surface area contributed by atoms with Crippen LogP contribution in [0.3, 0.4) is 0 Å². The van der Waals surface area contributed by atoms with Crippen molar-refractivity contribution in [2.24, 2.45) is 0 Å². The molecule has 1 fully saturated rings. The predicted octanol–water partition coefficient (Wildman–Crippen LogP) is 0.681. The number of ether oxygens (including phenoxy) is 3. The summed E-state index contributed by atoms with van der Waals surface area (Å²) in [7, 11) is 0. The molecule has 30 heavy (non-hydrogen) atoms. The highest BCUT2D eigenvalue weighted by molar-refractivity contribution is 7.81. The van der Waals surface area contributed by atoms with Gasteiger partial charge in [-0.15, -0.1) is 0 Å². The Bertz CT molecular complexity index is 914. The molecule has 0 radical (unpaired) electrons. The van der Waals surface area contributed by atoms with Crippen molar-refractivity contribution >= 4 is 28.7 Å². The summed E-state index contributed by atoms with van der Waals surface area (Å²) in [5.74, 6) is 1.06. The molecule has 0 spiro atoms. The van der Waals surface area contributed by atoms with Gasteiger partial charge in [-0.25, -0.2) is 0 Å². The van der Waals surface area contributed by atoms with E-state index >= 15 is 0 Å². The number of pyridine rings is 1. The van der Waals surface area contributed by atoms with E-state index in [1.165, 1.54) is 0 Å². The maximum atomic E-state index is 13.4. The molecule has 0 amide bonds. The molecule has 0 atom stereocenters. The molecule has 0 unspecified atom stereocenters. The van der Waals surface area contributed by atoms with Gasteiger partial charge in [-0.05, 0) is 23.5 Å². The van der Waals surface area contributed by atoms with Gasteiger partial charge in [0.2, 0.25) is 5.70 Å². The highest BCUT2D eigenvalue weighted by Crippen LogP contribution is 2.32. The molecule has 2 aromatic rings. The summed E-state index contributed by atoms with van der Waals surface area (Å²) in [6, 6.07) is 10.9. The molecule has 1 aromatic carbocycles. The highest BCUT2D eigenvalue weighted by Gasteiger charge is 2.20. The third kappa shape index (κ3) is 4.89. The fourth-order valence-electron chi connectivity index (χ4n) is 3.44. The summed E-state index contributed by atoms with van der Waals surface area (Å²) in [5.41, 5.74) is 0.909. The Labute approximate surface area is 181 Å². The topological polar surface area (TPSA) is 69.9 Å². The lowest BCUT2D eigenvalue weighted by atomic mass is 10.1. The minimum absolute atomic E-state index is 0.174. The van der Waals surface area contributed by atoms with E-state index in [4.69, 9.17) is 26.4 Å². The number of nitrogens with one attached hydrogen (secondary N) is 1. The number of rotatable bonds is 6. The van der Waals surface area contributed by atoms with Crippen molar-refractivity contribution in [2.75, 3.05) is 52.6 Å². The first-order chi connectivity index (χ1) is 14.7. The molecule has 0 aliphatic carbocycles. The Morgan fingerprint density at radius 1 is 1.03 bits per heavy atom. The van der Waals surface area contributed by atoms with Crippen LogP contribution in [-0.4, -0.2) is 62.5 Å². The monoisotopic (exact) mass is 427 g/mol. The Morgan fingerprint density at radius 2 is 1.77 bits per heavy atom. The molecule has 1 saturated heterocycles. The van der Waals surface area contributed by atoms with E-state index in [2.05, 4.69) is 10.2 Å². The van der Waals surface area contributed by atoms with E-state index in [1.807, 2.05) is 30.6 Å². The third-order valence-electron chi connectivity index (χ3n) is 5.03. The SMILES string of the molecule is [O-]C(=C(C(=S)NCCN1CCOCC1)[n+]1ccccc1)c1ccc2c(c1)OCCO2. The molecule has 7 nitrogen and oxygen atoms in total. The predicted molar refractivity (Wildman–Crippen MR) is 115 cm³/mol. The van der Waals surface area contributed by atoms with Crippen LogP contribution in [0.2, 0.25) is 0 Å². The van der Waals surface area contributed by atoms with Crippen LogP contribution in [0.4, 0.5) is 0 Å². The Hall–Kier alpha value is -2.68. The van der Waals surface area contributed by atoms with Gasteiger partial charge in [0.05, 0.1) is 13.2 Å². The fraction of sp³-hybridized carbons (Fsp3) is 0.364. The van der Waals surface area contributed by atoms with Crippen molar-refractivity contribution < 1.29 is 23.9 Å². The van der Waals surface area contributed by atoms with E-state index in [1.54, 1.807) is 22.8 Å². The van der Waals surface area contributed by atoms with Gasteiger partial charge in [-0.2, -0.15) is 4.57 Å². The minimum Gasteiger partial charge on any atom is -0.867 e. The number of hydrogen-bond acceptors (Lipinski definition) is 6. The molecule has 2 aliphatic heterocycles. The van der Waals surface area contributed by atoms with Crippen molar-refractivity contribution in [3.63, 3.8) is 0 Å². The van der Waals surface area contributed by atoms with Gasteiger partial charge < -0.3 is 24.6 Å². The van der Waals surface area contributed by atoms with Gasteiger partial charge in [-0.3, -0.25) is 4.90 Å². The number of fused-ring (bicyclic) bond motifs is 1. The van der Waals surface area contributed by atoms with Crippen LogP contribution < -0.4 is 24.5 Å². The Kier molecular flexibility index (Phi) is 6.78. The average molecular weight is 428 g/mol. The molecule has 2 aliphatic rings. The first-order valence-corrected chi connectivity index (χ1v) is 10.5. The van der Waals surface area contributed by atoms with Gasteiger partial charge in [0, 0.05) is 38.3 Å². The van der Waals surface area contributed by atoms with Crippen molar-refractivity contribution in [3.8, 4) is 11.5 Å². The van der Waals surface area contributed by atoms with Gasteiger partial charge >= 0.3 is 0 Å². The van der Waals surface area contributed by atoms with Crippen LogP contribution in [0.15, 0.2) is 48.8 Å². The van der Waals surface area contributed by atoms with Crippen LogP contribution in [0.5, 0.6) is 11.5 Å². The second kappa shape index (κ2) is 9.88. The van der Waals surface area contributed by atoms with Crippen molar-refractivity contribution in [1.82, 2.24) is 10.2 Å². The second-order valence-electron chi connectivity index (χ2n) is 7.03. The summed E-state index contributed by atoms with van der Waals surface area (Å²) in [5, 5.41) is 16.7. The zero-order valence-electron chi connectivity index (χ0n) is 16.7. The number of hydrogen-bond donors (Lipinski definition) is 1. The molecule has 1 aromatic heterocycles. The summed E-state index contributed by atoms with van der Waals surface area (Å²) in [6.07, 6.45) is 3.64. The van der Waals surface area contributed by atoms with Crippen LogP contribution in [0.25, 0.3) is 11.5 Å². The largest absolute Gasteiger partial charge is 0.867 e. The van der Waals surface area contributed by atoms with E-state index in [9.17, 15) is 5.11 Å². The summed E-state index contributed by atoms with van der Waals surface area (Å²) in [6.45, 7) is 5.81. The van der Waals surface area contributed by atoms with Gasteiger partial charge in [0.1, 0.15) is 13.2 Å². The van der Waals surface area contributed by atoms with Crippen molar-refractivity contribution in [3.05, 3.63) is 54.4 Å². The van der Waals surface area contributed by atoms with Gasteiger partial charge in [0.25, 0.3) is 0 Å². The summed E-state index contributed by atoms with van der Waals surface area (Å²) >= 11 is 5.63. The minimum atomic E-state index is -0.174. The first kappa shape index (κ1) is 20.6. The highest BCUT2D eigenvalue weighted by atomic mass is 32.1. The lowest BCUT2D eigenvalue weighted by molar-refractivity contribution is -0.577. The number of aromatic nitrogens is 1. The van der Waals surface area contributed by atoms with E-state index in [0.29, 0.717) is 47.5 Å². The smallest absolute Gasteiger partial charge is 0.237 e. The maximum Gasteiger partial charge on any atom is 0.237 e. The molecule has 3 heterocycles. The number of benzene rings is 1. The molecule has 0 saturated carbocycles. The fourth-order valence-corrected chi connectivity index (χ4v) is 3.74. The maximum absolute atomic E-state index is 13.4. The quantitative estimate of drug-likeness (QED) is 0.315. The lowest BCUT2D eigenvalue weighted by Gasteiger charge is -2.26. The molecule has 1 N–H and O–H groups in total. The Morgan fingerprint density at radius 3 is 2.53 bits per heavy atom. The Balaban J connectivity index is 1.56. The molecular formula is C22H25N3O4S. The van der Waals surface area contributed by atoms with E-state index in [0.717, 1.165) is 32.8 Å². The van der Waals surface area contributed by atoms with Crippen LogP contribution in [0, 0.1) is 0 Å². The summed E-state index contributed by atoms with van der Waals surface area (Å²) < 4.78 is 18.3. The van der Waals surface area contributed by atoms with Crippen molar-refractivity contribution in [2.45, 2.75) is 0 Å². The molecule has 158 valence electrons. The second-order valence-corrected chi connectivity index (χ2v) is 7.44. The normalized spacial score (nSPS) is 17.2. The average Bonchev–Trinajstić information content (AvgIpc) is 2.80. The number of nitrogens with zero attached hydrogens (tertiary/aromatic N) is 2. The van der Waals surface area contributed by atoms with Gasteiger partial charge in [-0.1, -0.05) is 24.4 Å². The number of thiocarbonyl (C=S) groups is 1. The van der Waals surface area contributed by atoms with Gasteiger partial charge in [0.15, 0.2) is 28.9 Å². The first-order valence-electron chi connectivity index (χ1n) is 10.1. The summed E-state index contributed by atoms with van der Waals surface area (Å²) in [4.78, 5) is 2.73. The zero-order valence-corrected chi connectivity index (χ0v) is 17.5. The van der Waals surface area contributed by atoms with E-state index < -0.39 is 0 Å². The van der Waals surface area contributed by atoms with Crippen LogP contribution in [-0.2, 0) is 4.74 Å². The zero-order chi connectivity index (χ0) is 20.8. The standard InChI is InChI=1S/C22H25N3O4S/c26-21(17-4-5-18-19(16-17)29-15-14-28-18)20(25-7-2-1-3-8-25)22(30)23-6-9-24-10-12-27-13-11-24/h1-5,7-8,16H,6,9-15H2,(H-,23,26,30). The molecule has 0 bridgehead atoms. The third-order valence-corrected chi connectivity index (χ3v) is 5.36. The lowest BCUT2D eigenvalue weighted by Crippen LogP contribution is -2.45. The molecule has 4 rings (SSSR count). The van der Waals surface area contributed by atoms with Crippen LogP contribution >= 0.6 is 12.2 Å².